The van der Waals surface area contributed by atoms with Crippen molar-refractivity contribution in [1.29, 1.82) is 0 Å². The number of nitrogens with zero attached hydrogens (tertiary/aromatic N) is 1. The van der Waals surface area contributed by atoms with Gasteiger partial charge in [-0.2, -0.15) is 0 Å². The number of hydrogen-bond acceptors (Lipinski definition) is 4. The monoisotopic (exact) mass is 376 g/mol. The Bertz CT molecular complexity index is 590. The second-order valence-corrected chi connectivity index (χ2v) is 6.70. The topological polar surface area (TPSA) is 95.0 Å². The second-order valence-electron chi connectivity index (χ2n) is 6.70. The Morgan fingerprint density at radius 1 is 1.26 bits per heavy atom. The first-order valence-electron chi connectivity index (χ1n) is 9.79. The van der Waals surface area contributed by atoms with Gasteiger partial charge < -0.3 is 25.8 Å². The van der Waals surface area contributed by atoms with E-state index in [4.69, 9.17) is 4.74 Å². The minimum absolute atomic E-state index is 0.0238. The first kappa shape index (κ1) is 21.0. The van der Waals surface area contributed by atoms with E-state index in [-0.39, 0.29) is 24.7 Å². The maximum atomic E-state index is 11.7. The van der Waals surface area contributed by atoms with Crippen LogP contribution in [0.4, 0.5) is 4.79 Å². The van der Waals surface area contributed by atoms with Crippen LogP contribution in [0.25, 0.3) is 0 Å². The van der Waals surface area contributed by atoms with Gasteiger partial charge in [-0.15, -0.1) is 0 Å². The number of aliphatic imine (C=N–C) groups is 1. The fourth-order valence-corrected chi connectivity index (χ4v) is 2.90. The molecule has 0 heterocycles. The molecule has 1 aromatic rings. The van der Waals surface area contributed by atoms with E-state index < -0.39 is 0 Å². The van der Waals surface area contributed by atoms with E-state index in [9.17, 15) is 9.90 Å². The van der Waals surface area contributed by atoms with Crippen LogP contribution >= 0.6 is 0 Å². The van der Waals surface area contributed by atoms with E-state index in [0.717, 1.165) is 24.9 Å². The zero-order valence-corrected chi connectivity index (χ0v) is 16.3. The lowest BCUT2D eigenvalue weighted by atomic mass is 10.0. The highest BCUT2D eigenvalue weighted by molar-refractivity contribution is 5.80. The summed E-state index contributed by atoms with van der Waals surface area (Å²) in [5.74, 6) is 1.13. The Hall–Kier alpha value is -2.28. The van der Waals surface area contributed by atoms with Crippen molar-refractivity contribution in [3.63, 3.8) is 0 Å². The van der Waals surface area contributed by atoms with Crippen molar-refractivity contribution in [2.24, 2.45) is 10.9 Å². The van der Waals surface area contributed by atoms with Crippen molar-refractivity contribution in [1.82, 2.24) is 16.0 Å². The Morgan fingerprint density at radius 3 is 2.59 bits per heavy atom. The van der Waals surface area contributed by atoms with Gasteiger partial charge in [-0.05, 0) is 38.2 Å². The highest BCUT2D eigenvalue weighted by Gasteiger charge is 2.32. The maximum absolute atomic E-state index is 11.7. The predicted octanol–water partition coefficient (Wildman–Crippen LogP) is 1.84. The van der Waals surface area contributed by atoms with Crippen molar-refractivity contribution in [3.05, 3.63) is 35.9 Å². The summed E-state index contributed by atoms with van der Waals surface area (Å²) >= 11 is 0. The van der Waals surface area contributed by atoms with Gasteiger partial charge in [-0.3, -0.25) is 4.99 Å². The molecule has 1 aliphatic rings. The van der Waals surface area contributed by atoms with Crippen molar-refractivity contribution < 1.29 is 14.6 Å². The summed E-state index contributed by atoms with van der Waals surface area (Å²) in [6.07, 6.45) is 1.86. The lowest BCUT2D eigenvalue weighted by Crippen LogP contribution is -2.48. The average molecular weight is 377 g/mol. The summed E-state index contributed by atoms with van der Waals surface area (Å²) in [4.78, 5) is 16.4. The molecule has 1 amide bonds. The molecule has 1 aromatic carbocycles. The second kappa shape index (κ2) is 11.4. The number of ether oxygens (including phenoxy) is 1. The number of alkyl carbamates (subject to hydrolysis) is 1. The van der Waals surface area contributed by atoms with E-state index >= 15 is 0 Å². The molecule has 1 aliphatic carbocycles. The van der Waals surface area contributed by atoms with Crippen LogP contribution in [0.3, 0.4) is 0 Å². The first-order chi connectivity index (χ1) is 13.2. The number of aliphatic hydroxyl groups excluding tert-OH is 1. The van der Waals surface area contributed by atoms with Crippen LogP contribution in [0, 0.1) is 5.92 Å². The SMILES string of the molecule is CCNC(=NCC(CO)c1ccccc1)NCC(NC(=O)OCC)C1CC1. The van der Waals surface area contributed by atoms with Crippen LogP contribution in [0.1, 0.15) is 38.2 Å². The fourth-order valence-electron chi connectivity index (χ4n) is 2.90. The maximum Gasteiger partial charge on any atom is 0.407 e. The molecule has 0 aliphatic heterocycles. The van der Waals surface area contributed by atoms with E-state index in [1.807, 2.05) is 37.3 Å². The molecule has 7 heteroatoms. The van der Waals surface area contributed by atoms with E-state index in [1.165, 1.54) is 0 Å². The van der Waals surface area contributed by atoms with Gasteiger partial charge in [0.2, 0.25) is 0 Å². The molecule has 2 rings (SSSR count). The number of nitrogens with one attached hydrogen (secondary N) is 3. The van der Waals surface area contributed by atoms with Crippen LogP contribution in [0.5, 0.6) is 0 Å². The number of carbonyl (C=O) groups excluding carboxylic acids is 1. The quantitative estimate of drug-likeness (QED) is 0.369. The summed E-state index contributed by atoms with van der Waals surface area (Å²) in [5, 5.41) is 19.2. The molecule has 1 fully saturated rings. The summed E-state index contributed by atoms with van der Waals surface area (Å²) in [6, 6.07) is 9.92. The number of carbonyl (C=O) groups is 1. The average Bonchev–Trinajstić information content (AvgIpc) is 3.51. The third-order valence-electron chi connectivity index (χ3n) is 4.56. The molecule has 1 saturated carbocycles. The van der Waals surface area contributed by atoms with Gasteiger partial charge >= 0.3 is 6.09 Å². The van der Waals surface area contributed by atoms with E-state index in [0.29, 0.717) is 31.6 Å². The number of guanidine groups is 1. The van der Waals surface area contributed by atoms with Crippen molar-refractivity contribution in [2.75, 3.05) is 32.8 Å². The van der Waals surface area contributed by atoms with Crippen LogP contribution in [-0.4, -0.2) is 56.0 Å². The zero-order chi connectivity index (χ0) is 19.5. The van der Waals surface area contributed by atoms with Gasteiger partial charge in [0.25, 0.3) is 0 Å². The smallest absolute Gasteiger partial charge is 0.407 e. The van der Waals surface area contributed by atoms with Crippen LogP contribution in [-0.2, 0) is 4.74 Å². The molecule has 150 valence electrons. The molecule has 4 N–H and O–H groups in total. The van der Waals surface area contributed by atoms with Crippen molar-refractivity contribution in [2.45, 2.75) is 38.6 Å². The Kier molecular flexibility index (Phi) is 8.91. The Labute approximate surface area is 161 Å². The minimum atomic E-state index is -0.373. The summed E-state index contributed by atoms with van der Waals surface area (Å²) in [5.41, 5.74) is 1.07. The molecule has 27 heavy (non-hydrogen) atoms. The van der Waals surface area contributed by atoms with Crippen molar-refractivity contribution in [3.8, 4) is 0 Å². The first-order valence-corrected chi connectivity index (χ1v) is 9.79. The number of amides is 1. The van der Waals surface area contributed by atoms with Gasteiger partial charge in [0.15, 0.2) is 5.96 Å². The molecule has 2 unspecified atom stereocenters. The third kappa shape index (κ3) is 7.46. The summed E-state index contributed by atoms with van der Waals surface area (Å²) in [7, 11) is 0. The largest absolute Gasteiger partial charge is 0.450 e. The molecule has 2 atom stereocenters. The normalized spacial score (nSPS) is 16.3. The molecular formula is C20H32N4O3. The Morgan fingerprint density at radius 2 is 2.00 bits per heavy atom. The molecule has 0 spiro atoms. The predicted molar refractivity (Wildman–Crippen MR) is 107 cm³/mol. The van der Waals surface area contributed by atoms with E-state index in [2.05, 4.69) is 20.9 Å². The highest BCUT2D eigenvalue weighted by atomic mass is 16.5. The number of hydrogen-bond donors (Lipinski definition) is 4. The van der Waals surface area contributed by atoms with Gasteiger partial charge in [-0.1, -0.05) is 30.3 Å². The fraction of sp³-hybridized carbons (Fsp3) is 0.600. The van der Waals surface area contributed by atoms with Gasteiger partial charge in [0, 0.05) is 19.0 Å². The number of rotatable bonds is 10. The van der Waals surface area contributed by atoms with Crippen LogP contribution in [0.15, 0.2) is 35.3 Å². The molecule has 0 aromatic heterocycles. The number of aliphatic hydroxyl groups is 1. The minimum Gasteiger partial charge on any atom is -0.450 e. The number of benzene rings is 1. The van der Waals surface area contributed by atoms with Gasteiger partial charge in [0.05, 0.1) is 25.8 Å². The lowest BCUT2D eigenvalue weighted by molar-refractivity contribution is 0.146. The lowest BCUT2D eigenvalue weighted by Gasteiger charge is -2.21. The molecule has 0 bridgehead atoms. The Balaban J connectivity index is 1.92. The van der Waals surface area contributed by atoms with E-state index in [1.54, 1.807) is 6.92 Å². The summed E-state index contributed by atoms with van der Waals surface area (Å²) < 4.78 is 5.00. The third-order valence-corrected chi connectivity index (χ3v) is 4.56. The van der Waals surface area contributed by atoms with Crippen LogP contribution < -0.4 is 16.0 Å². The molecule has 7 nitrogen and oxygen atoms in total. The summed E-state index contributed by atoms with van der Waals surface area (Å²) in [6.45, 7) is 6.02. The molecule has 0 radical (unpaired) electrons. The van der Waals surface area contributed by atoms with Crippen molar-refractivity contribution >= 4 is 12.1 Å². The van der Waals surface area contributed by atoms with Gasteiger partial charge in [0.1, 0.15) is 0 Å². The molecule has 0 saturated heterocycles. The standard InChI is InChI=1S/C20H32N4O3/c1-3-21-19(22-12-17(14-25)15-8-6-5-7-9-15)23-13-18(16-10-11-16)24-20(26)27-4-2/h5-9,16-18,25H,3-4,10-14H2,1-2H3,(H,24,26)(H2,21,22,23). The van der Waals surface area contributed by atoms with Gasteiger partial charge in [-0.25, -0.2) is 4.79 Å². The zero-order valence-electron chi connectivity index (χ0n) is 16.3. The highest BCUT2D eigenvalue weighted by Crippen LogP contribution is 2.32. The molecular weight excluding hydrogens is 344 g/mol. The van der Waals surface area contributed by atoms with Crippen LogP contribution in [0.2, 0.25) is 0 Å².